The molecule has 132 valence electrons. The first-order valence-corrected chi connectivity index (χ1v) is 9.77. The molecule has 0 saturated heterocycles. The summed E-state index contributed by atoms with van der Waals surface area (Å²) in [7, 11) is -1.97. The summed E-state index contributed by atoms with van der Waals surface area (Å²) in [5.41, 5.74) is 2.85. The van der Waals surface area contributed by atoms with Crippen LogP contribution in [0, 0.1) is 13.8 Å². The van der Waals surface area contributed by atoms with Gasteiger partial charge in [0.1, 0.15) is 0 Å². The van der Waals surface area contributed by atoms with Crippen LogP contribution in [0.5, 0.6) is 0 Å². The topological polar surface area (TPSA) is 55.2 Å². The van der Waals surface area contributed by atoms with E-state index in [4.69, 9.17) is 0 Å². The summed E-state index contributed by atoms with van der Waals surface area (Å²) in [5.74, 6) is 0. The molecule has 3 aromatic rings. The second-order valence-corrected chi connectivity index (χ2v) is 8.22. The van der Waals surface area contributed by atoms with Crippen molar-refractivity contribution in [3.8, 4) is 0 Å². The van der Waals surface area contributed by atoms with Gasteiger partial charge in [0, 0.05) is 36.8 Å². The van der Waals surface area contributed by atoms with Gasteiger partial charge in [-0.3, -0.25) is 4.68 Å². The maximum Gasteiger partial charge on any atom is 0.243 e. The van der Waals surface area contributed by atoms with Crippen LogP contribution in [-0.2, 0) is 23.1 Å². The van der Waals surface area contributed by atoms with Crippen molar-refractivity contribution in [2.45, 2.75) is 38.8 Å². The highest BCUT2D eigenvalue weighted by Gasteiger charge is 2.25. The zero-order chi connectivity index (χ0) is 18.2. The number of sulfonamides is 1. The lowest BCUT2D eigenvalue weighted by Crippen LogP contribution is -2.27. The van der Waals surface area contributed by atoms with Gasteiger partial charge >= 0.3 is 0 Å². The van der Waals surface area contributed by atoms with Gasteiger partial charge < -0.3 is 0 Å². The Kier molecular flexibility index (Phi) is 4.67. The van der Waals surface area contributed by atoms with E-state index in [0.717, 1.165) is 34.3 Å². The molecule has 0 bridgehead atoms. The van der Waals surface area contributed by atoms with Crippen LogP contribution in [0.15, 0.2) is 47.4 Å². The molecule has 1 heterocycles. The van der Waals surface area contributed by atoms with Crippen molar-refractivity contribution in [1.82, 2.24) is 14.1 Å². The molecule has 3 rings (SSSR count). The molecule has 0 spiro atoms. The molecule has 2 aromatic carbocycles. The van der Waals surface area contributed by atoms with Crippen LogP contribution in [0.25, 0.3) is 10.8 Å². The fourth-order valence-corrected chi connectivity index (χ4v) is 4.52. The van der Waals surface area contributed by atoms with Crippen LogP contribution in [0.1, 0.15) is 23.9 Å². The molecular weight excluding hydrogens is 334 g/mol. The van der Waals surface area contributed by atoms with Crippen LogP contribution in [-0.4, -0.2) is 29.6 Å². The number of hydrogen-bond acceptors (Lipinski definition) is 3. The van der Waals surface area contributed by atoms with Gasteiger partial charge in [0.25, 0.3) is 0 Å². The number of rotatable bonds is 5. The van der Waals surface area contributed by atoms with Gasteiger partial charge in [-0.15, -0.1) is 0 Å². The maximum absolute atomic E-state index is 13.1. The highest BCUT2D eigenvalue weighted by atomic mass is 32.2. The van der Waals surface area contributed by atoms with E-state index in [1.54, 1.807) is 19.2 Å². The second kappa shape index (κ2) is 6.61. The lowest BCUT2D eigenvalue weighted by Gasteiger charge is -2.19. The Morgan fingerprint density at radius 2 is 1.76 bits per heavy atom. The van der Waals surface area contributed by atoms with Gasteiger partial charge in [0.15, 0.2) is 0 Å². The Labute approximate surface area is 148 Å². The minimum atomic E-state index is -3.60. The molecule has 25 heavy (non-hydrogen) atoms. The van der Waals surface area contributed by atoms with E-state index < -0.39 is 10.0 Å². The van der Waals surface area contributed by atoms with Crippen LogP contribution >= 0.6 is 0 Å². The van der Waals surface area contributed by atoms with Gasteiger partial charge in [-0.2, -0.15) is 9.40 Å². The number of fused-ring (bicyclic) bond motifs is 1. The van der Waals surface area contributed by atoms with E-state index in [0.29, 0.717) is 11.4 Å². The van der Waals surface area contributed by atoms with Gasteiger partial charge in [0.2, 0.25) is 10.0 Å². The SMILES string of the molecule is CCn1nc(C)c(CN(C)S(=O)(=O)c2cccc3ccccc23)c1C. The molecule has 0 saturated carbocycles. The molecule has 5 nitrogen and oxygen atoms in total. The maximum atomic E-state index is 13.1. The van der Waals surface area contributed by atoms with Gasteiger partial charge in [0.05, 0.1) is 10.6 Å². The van der Waals surface area contributed by atoms with E-state index in [1.807, 2.05) is 55.8 Å². The molecule has 0 radical (unpaired) electrons. The predicted molar refractivity (Wildman–Crippen MR) is 100.0 cm³/mol. The molecule has 0 fully saturated rings. The number of aryl methyl sites for hydroxylation is 2. The van der Waals surface area contributed by atoms with E-state index >= 15 is 0 Å². The number of benzene rings is 2. The average molecular weight is 357 g/mol. The van der Waals surface area contributed by atoms with Gasteiger partial charge in [-0.05, 0) is 32.2 Å². The molecular formula is C19H23N3O2S. The van der Waals surface area contributed by atoms with Crippen LogP contribution in [0.4, 0.5) is 0 Å². The summed E-state index contributed by atoms with van der Waals surface area (Å²) in [6.07, 6.45) is 0. The number of nitrogens with zero attached hydrogens (tertiary/aromatic N) is 3. The van der Waals surface area contributed by atoms with Gasteiger partial charge in [-0.25, -0.2) is 8.42 Å². The van der Waals surface area contributed by atoms with Crippen molar-refractivity contribution < 1.29 is 8.42 Å². The first-order valence-electron chi connectivity index (χ1n) is 8.33. The second-order valence-electron chi connectivity index (χ2n) is 6.20. The first kappa shape index (κ1) is 17.6. The van der Waals surface area contributed by atoms with Crippen molar-refractivity contribution in [2.75, 3.05) is 7.05 Å². The molecule has 1 aromatic heterocycles. The normalized spacial score (nSPS) is 12.2. The highest BCUT2D eigenvalue weighted by Crippen LogP contribution is 2.26. The monoisotopic (exact) mass is 357 g/mol. The van der Waals surface area contributed by atoms with E-state index in [9.17, 15) is 8.42 Å². The smallest absolute Gasteiger partial charge is 0.243 e. The van der Waals surface area contributed by atoms with E-state index in [-0.39, 0.29) is 0 Å². The van der Waals surface area contributed by atoms with Crippen LogP contribution < -0.4 is 0 Å². The van der Waals surface area contributed by atoms with Crippen LogP contribution in [0.3, 0.4) is 0 Å². The lowest BCUT2D eigenvalue weighted by atomic mass is 10.1. The van der Waals surface area contributed by atoms with Crippen molar-refractivity contribution in [3.63, 3.8) is 0 Å². The summed E-state index contributed by atoms with van der Waals surface area (Å²) in [5, 5.41) is 6.15. The summed E-state index contributed by atoms with van der Waals surface area (Å²) < 4.78 is 29.6. The minimum absolute atomic E-state index is 0.309. The Bertz CT molecular complexity index is 1020. The van der Waals surface area contributed by atoms with Crippen molar-refractivity contribution >= 4 is 20.8 Å². The minimum Gasteiger partial charge on any atom is -0.270 e. The lowest BCUT2D eigenvalue weighted by molar-refractivity contribution is 0.465. The molecule has 0 unspecified atom stereocenters. The van der Waals surface area contributed by atoms with E-state index in [1.165, 1.54) is 4.31 Å². The summed E-state index contributed by atoms with van der Waals surface area (Å²) in [6, 6.07) is 12.9. The quantitative estimate of drug-likeness (QED) is 0.702. The van der Waals surface area contributed by atoms with Crippen molar-refractivity contribution in [3.05, 3.63) is 59.4 Å². The summed E-state index contributed by atoms with van der Waals surface area (Å²) in [4.78, 5) is 0.339. The standard InChI is InChI=1S/C19H23N3O2S/c1-5-22-15(3)18(14(2)20-22)13-21(4)25(23,24)19-12-8-10-16-9-6-7-11-17(16)19/h6-12H,5,13H2,1-4H3. The van der Waals surface area contributed by atoms with Crippen molar-refractivity contribution in [2.24, 2.45) is 0 Å². The zero-order valence-electron chi connectivity index (χ0n) is 15.0. The highest BCUT2D eigenvalue weighted by molar-refractivity contribution is 7.89. The zero-order valence-corrected chi connectivity index (χ0v) is 15.8. The Morgan fingerprint density at radius 3 is 2.44 bits per heavy atom. The Balaban J connectivity index is 2.01. The summed E-state index contributed by atoms with van der Waals surface area (Å²) in [6.45, 7) is 7.01. The predicted octanol–water partition coefficient (Wildman–Crippen LogP) is 3.49. The largest absolute Gasteiger partial charge is 0.270 e. The van der Waals surface area contributed by atoms with Crippen molar-refractivity contribution in [1.29, 1.82) is 0 Å². The fourth-order valence-electron chi connectivity index (χ4n) is 3.17. The fraction of sp³-hybridized carbons (Fsp3) is 0.316. The third-order valence-electron chi connectivity index (χ3n) is 4.65. The van der Waals surface area contributed by atoms with Crippen LogP contribution in [0.2, 0.25) is 0 Å². The molecule has 0 aliphatic heterocycles. The third kappa shape index (κ3) is 3.07. The first-order chi connectivity index (χ1) is 11.9. The molecule has 6 heteroatoms. The summed E-state index contributed by atoms with van der Waals surface area (Å²) >= 11 is 0. The molecule has 0 N–H and O–H groups in total. The molecule has 0 aliphatic carbocycles. The molecule has 0 aliphatic rings. The average Bonchev–Trinajstić information content (AvgIpc) is 2.88. The molecule has 0 amide bonds. The van der Waals surface area contributed by atoms with E-state index in [2.05, 4.69) is 5.10 Å². The Morgan fingerprint density at radius 1 is 1.08 bits per heavy atom. The van der Waals surface area contributed by atoms with Gasteiger partial charge in [-0.1, -0.05) is 36.4 Å². The molecule has 0 atom stereocenters. The Hall–Kier alpha value is -2.18. The number of aromatic nitrogens is 2. The number of hydrogen-bond donors (Lipinski definition) is 0. The third-order valence-corrected chi connectivity index (χ3v) is 6.51.